The van der Waals surface area contributed by atoms with E-state index in [2.05, 4.69) is 10.6 Å². The van der Waals surface area contributed by atoms with Crippen molar-refractivity contribution in [1.82, 2.24) is 14.9 Å². The minimum absolute atomic E-state index is 0.251. The molecule has 1 aliphatic rings. The molecule has 2 aromatic rings. The Morgan fingerprint density at radius 2 is 1.81 bits per heavy atom. The van der Waals surface area contributed by atoms with E-state index < -0.39 is 21.4 Å². The van der Waals surface area contributed by atoms with Gasteiger partial charge in [0, 0.05) is 7.11 Å². The van der Waals surface area contributed by atoms with Gasteiger partial charge in [0.2, 0.25) is 0 Å². The summed E-state index contributed by atoms with van der Waals surface area (Å²) in [6.07, 6.45) is 0. The van der Waals surface area contributed by atoms with Crippen molar-refractivity contribution in [2.75, 3.05) is 27.4 Å². The number of hydrogen-bond donors (Lipinski definition) is 2. The number of nitrogens with one attached hydrogen (secondary N) is 2. The minimum atomic E-state index is -1.50. The molecule has 5 nitrogen and oxygen atoms in total. The molecule has 3 atom stereocenters. The second-order valence-corrected chi connectivity index (χ2v) is 8.66. The lowest BCUT2D eigenvalue weighted by Crippen LogP contribution is -2.54. The second-order valence-electron chi connectivity index (χ2n) is 6.63. The van der Waals surface area contributed by atoms with Crippen molar-refractivity contribution >= 4 is 28.2 Å². The lowest BCUT2D eigenvalue weighted by atomic mass is 9.93. The van der Waals surface area contributed by atoms with E-state index in [0.717, 1.165) is 11.1 Å². The topological polar surface area (TPSA) is 53.6 Å². The Kier molecular flexibility index (Phi) is 6.08. The third-order valence-electron chi connectivity index (χ3n) is 5.07. The van der Waals surface area contributed by atoms with Crippen LogP contribution in [0.1, 0.15) is 18.1 Å². The molecule has 0 saturated carbocycles. The van der Waals surface area contributed by atoms with E-state index >= 15 is 0 Å². The van der Waals surface area contributed by atoms with E-state index in [1.807, 2.05) is 67.6 Å². The Labute approximate surface area is 168 Å². The van der Waals surface area contributed by atoms with Gasteiger partial charge in [-0.05, 0) is 25.1 Å². The Balaban J connectivity index is 1.97. The number of ether oxygens (including phenoxy) is 1. The van der Waals surface area contributed by atoms with E-state index in [-0.39, 0.29) is 6.61 Å². The maximum atomic E-state index is 13.8. The summed E-state index contributed by atoms with van der Waals surface area (Å²) in [4.78, 5) is -0.289. The van der Waals surface area contributed by atoms with Gasteiger partial charge in [0.15, 0.2) is 4.87 Å². The van der Waals surface area contributed by atoms with Crippen LogP contribution in [0.25, 0.3) is 0 Å². The Bertz CT molecular complexity index is 818. The maximum Gasteiger partial charge on any atom is 0.163 e. The standard InChI is InChI=1S/C20H25N3O2S2/c1-19(16-10-6-4-7-11-16)18(26)23(15-22-19)27(24)20(21-2,14-25-3)17-12-8-5-9-13-17/h4-13,21-22H,14-15H2,1-3H3. The van der Waals surface area contributed by atoms with Gasteiger partial charge in [-0.25, -0.2) is 4.21 Å². The number of methoxy groups -OCH3 is 1. The number of rotatable bonds is 7. The molecule has 0 bridgehead atoms. The molecule has 27 heavy (non-hydrogen) atoms. The molecule has 0 amide bonds. The van der Waals surface area contributed by atoms with E-state index in [0.29, 0.717) is 11.7 Å². The Hall–Kier alpha value is -1.64. The number of nitrogens with zero attached hydrogens (tertiary/aromatic N) is 1. The predicted octanol–water partition coefficient (Wildman–Crippen LogP) is 2.47. The molecule has 1 aliphatic heterocycles. The van der Waals surface area contributed by atoms with E-state index in [4.69, 9.17) is 17.0 Å². The van der Waals surface area contributed by atoms with Crippen LogP contribution >= 0.6 is 12.2 Å². The van der Waals surface area contributed by atoms with Crippen LogP contribution in [-0.4, -0.2) is 40.9 Å². The molecule has 0 aromatic heterocycles. The van der Waals surface area contributed by atoms with Gasteiger partial charge in [0.1, 0.15) is 16.0 Å². The zero-order valence-corrected chi connectivity index (χ0v) is 17.4. The first-order valence-electron chi connectivity index (χ1n) is 8.77. The third-order valence-corrected chi connectivity index (χ3v) is 7.68. The van der Waals surface area contributed by atoms with Gasteiger partial charge in [0.25, 0.3) is 0 Å². The molecule has 0 radical (unpaired) electrons. The summed E-state index contributed by atoms with van der Waals surface area (Å²) in [6.45, 7) is 2.68. The van der Waals surface area contributed by atoms with Gasteiger partial charge < -0.3 is 4.74 Å². The quantitative estimate of drug-likeness (QED) is 0.696. The molecule has 7 heteroatoms. The highest BCUT2D eigenvalue weighted by molar-refractivity contribution is 7.87. The molecule has 0 aliphatic carbocycles. The SMILES string of the molecule is CNC(COC)(c1ccccc1)S(=O)N1CNC(C)(c2ccccc2)C1=S. The summed E-state index contributed by atoms with van der Waals surface area (Å²) in [5.41, 5.74) is 1.40. The van der Waals surface area contributed by atoms with Crippen LogP contribution in [0.5, 0.6) is 0 Å². The van der Waals surface area contributed by atoms with Gasteiger partial charge in [-0.15, -0.1) is 0 Å². The first-order chi connectivity index (χ1) is 13.0. The van der Waals surface area contributed by atoms with E-state index in [1.165, 1.54) is 0 Å². The second kappa shape index (κ2) is 8.16. The van der Waals surface area contributed by atoms with Crippen LogP contribution in [0.4, 0.5) is 0 Å². The van der Waals surface area contributed by atoms with Crippen LogP contribution in [-0.2, 0) is 26.1 Å². The maximum absolute atomic E-state index is 13.8. The molecule has 0 spiro atoms. The summed E-state index contributed by atoms with van der Waals surface area (Å²) >= 11 is 5.79. The van der Waals surface area contributed by atoms with E-state index in [1.54, 1.807) is 18.5 Å². The van der Waals surface area contributed by atoms with Gasteiger partial charge in [0.05, 0.1) is 18.8 Å². The van der Waals surface area contributed by atoms with Crippen molar-refractivity contribution in [1.29, 1.82) is 0 Å². The normalized spacial score (nSPS) is 23.2. The molecule has 144 valence electrons. The molecule has 3 unspecified atom stereocenters. The van der Waals surface area contributed by atoms with Crippen molar-refractivity contribution in [3.8, 4) is 0 Å². The highest BCUT2D eigenvalue weighted by Gasteiger charge is 2.49. The van der Waals surface area contributed by atoms with Crippen molar-refractivity contribution < 1.29 is 8.95 Å². The van der Waals surface area contributed by atoms with Gasteiger partial charge in [-0.2, -0.15) is 0 Å². The number of thiocarbonyl (C=S) groups is 1. The summed E-state index contributed by atoms with van der Waals surface area (Å²) in [7, 11) is 1.91. The van der Waals surface area contributed by atoms with Crippen LogP contribution in [0.2, 0.25) is 0 Å². The van der Waals surface area contributed by atoms with Crippen LogP contribution in [0.3, 0.4) is 0 Å². The van der Waals surface area contributed by atoms with Crippen LogP contribution in [0, 0.1) is 0 Å². The number of benzene rings is 2. The first-order valence-corrected chi connectivity index (χ1v) is 10.3. The summed E-state index contributed by atoms with van der Waals surface area (Å²) in [5.74, 6) is 0. The van der Waals surface area contributed by atoms with Crippen molar-refractivity contribution in [2.24, 2.45) is 0 Å². The average Bonchev–Trinajstić information content (AvgIpc) is 3.03. The molecule has 1 heterocycles. The Morgan fingerprint density at radius 3 is 2.37 bits per heavy atom. The predicted molar refractivity (Wildman–Crippen MR) is 113 cm³/mol. The zero-order valence-electron chi connectivity index (χ0n) is 15.8. The highest BCUT2D eigenvalue weighted by atomic mass is 32.2. The van der Waals surface area contributed by atoms with Crippen LogP contribution < -0.4 is 10.6 Å². The van der Waals surface area contributed by atoms with Crippen LogP contribution in [0.15, 0.2) is 60.7 Å². The third kappa shape index (κ3) is 3.46. The van der Waals surface area contributed by atoms with Crippen molar-refractivity contribution in [3.05, 3.63) is 71.8 Å². The fraction of sp³-hybridized carbons (Fsp3) is 0.350. The lowest BCUT2D eigenvalue weighted by Gasteiger charge is -2.36. The Morgan fingerprint density at radius 1 is 1.22 bits per heavy atom. The van der Waals surface area contributed by atoms with Crippen molar-refractivity contribution in [2.45, 2.75) is 17.3 Å². The molecule has 3 rings (SSSR count). The van der Waals surface area contributed by atoms with Gasteiger partial charge in [-0.3, -0.25) is 14.9 Å². The smallest absolute Gasteiger partial charge is 0.163 e. The molecule has 1 fully saturated rings. The average molecular weight is 404 g/mol. The summed E-state index contributed by atoms with van der Waals surface area (Å²) in [6, 6.07) is 19.7. The fourth-order valence-corrected chi connectivity index (χ4v) is 5.47. The minimum Gasteiger partial charge on any atom is -0.381 e. The number of likely N-dealkylation sites (N-methyl/N-ethyl adjacent to an activating group) is 1. The van der Waals surface area contributed by atoms with Gasteiger partial charge >= 0.3 is 0 Å². The molecular formula is C20H25N3O2S2. The molecule has 1 saturated heterocycles. The van der Waals surface area contributed by atoms with Crippen molar-refractivity contribution in [3.63, 3.8) is 0 Å². The molecule has 2 aromatic carbocycles. The van der Waals surface area contributed by atoms with E-state index in [9.17, 15) is 4.21 Å². The summed E-state index contributed by atoms with van der Waals surface area (Å²) < 4.78 is 21.0. The fourth-order valence-electron chi connectivity index (χ4n) is 3.39. The monoisotopic (exact) mass is 403 g/mol. The first kappa shape index (κ1) is 20.1. The molecule has 2 N–H and O–H groups in total. The zero-order chi connectivity index (χ0) is 19.5. The lowest BCUT2D eigenvalue weighted by molar-refractivity contribution is 0.153. The highest BCUT2D eigenvalue weighted by Crippen LogP contribution is 2.35. The number of hydrogen-bond acceptors (Lipinski definition) is 5. The van der Waals surface area contributed by atoms with Gasteiger partial charge in [-0.1, -0.05) is 72.9 Å². The largest absolute Gasteiger partial charge is 0.381 e. The molecular weight excluding hydrogens is 378 g/mol. The summed E-state index contributed by atoms with van der Waals surface area (Å²) in [5, 5.41) is 6.69.